The SMILES string of the molecule is CCCNC(CN(C)C(C)COC)c1ccc(OC)cc1. The highest BCUT2D eigenvalue weighted by molar-refractivity contribution is 5.29. The number of methoxy groups -OCH3 is 2. The van der Waals surface area contributed by atoms with Gasteiger partial charge in [-0.25, -0.2) is 0 Å². The summed E-state index contributed by atoms with van der Waals surface area (Å²) in [6.45, 7) is 7.10. The minimum Gasteiger partial charge on any atom is -0.497 e. The highest BCUT2D eigenvalue weighted by atomic mass is 16.5. The van der Waals surface area contributed by atoms with E-state index in [1.165, 1.54) is 5.56 Å². The predicted molar refractivity (Wildman–Crippen MR) is 88.0 cm³/mol. The highest BCUT2D eigenvalue weighted by Crippen LogP contribution is 2.19. The lowest BCUT2D eigenvalue weighted by atomic mass is 10.1. The van der Waals surface area contributed by atoms with Gasteiger partial charge in [-0.2, -0.15) is 0 Å². The van der Waals surface area contributed by atoms with Gasteiger partial charge in [0.1, 0.15) is 5.75 Å². The number of hydrogen-bond donors (Lipinski definition) is 1. The third-order valence-electron chi connectivity index (χ3n) is 3.79. The highest BCUT2D eigenvalue weighted by Gasteiger charge is 2.17. The maximum Gasteiger partial charge on any atom is 0.118 e. The molecule has 0 aliphatic rings. The number of ether oxygens (including phenoxy) is 2. The van der Waals surface area contributed by atoms with Gasteiger partial charge in [-0.3, -0.25) is 4.90 Å². The molecule has 4 heteroatoms. The first kappa shape index (κ1) is 18.0. The molecule has 0 aromatic heterocycles. The second kappa shape index (κ2) is 9.77. The molecule has 0 saturated carbocycles. The van der Waals surface area contributed by atoms with E-state index in [1.54, 1.807) is 14.2 Å². The summed E-state index contributed by atoms with van der Waals surface area (Å²) >= 11 is 0. The molecule has 21 heavy (non-hydrogen) atoms. The normalized spacial score (nSPS) is 14.2. The number of hydrogen-bond acceptors (Lipinski definition) is 4. The molecule has 2 unspecified atom stereocenters. The zero-order valence-corrected chi connectivity index (χ0v) is 14.1. The predicted octanol–water partition coefficient (Wildman–Crippen LogP) is 2.70. The van der Waals surface area contributed by atoms with Gasteiger partial charge in [-0.15, -0.1) is 0 Å². The average Bonchev–Trinajstić information content (AvgIpc) is 2.51. The molecule has 0 heterocycles. The van der Waals surface area contributed by atoms with Crippen LogP contribution in [0, 0.1) is 0 Å². The van der Waals surface area contributed by atoms with Gasteiger partial charge in [-0.05, 0) is 44.6 Å². The topological polar surface area (TPSA) is 33.7 Å². The van der Waals surface area contributed by atoms with Gasteiger partial charge in [-0.1, -0.05) is 19.1 Å². The fourth-order valence-corrected chi connectivity index (χ4v) is 2.28. The molecule has 1 N–H and O–H groups in total. The van der Waals surface area contributed by atoms with E-state index in [1.807, 2.05) is 12.1 Å². The molecule has 0 fully saturated rings. The Morgan fingerprint density at radius 2 is 1.86 bits per heavy atom. The zero-order valence-electron chi connectivity index (χ0n) is 14.1. The van der Waals surface area contributed by atoms with Crippen LogP contribution in [0.3, 0.4) is 0 Å². The van der Waals surface area contributed by atoms with E-state index in [9.17, 15) is 0 Å². The first-order valence-electron chi connectivity index (χ1n) is 7.68. The van der Waals surface area contributed by atoms with Gasteiger partial charge in [0.25, 0.3) is 0 Å². The molecule has 2 atom stereocenters. The summed E-state index contributed by atoms with van der Waals surface area (Å²) in [5, 5.41) is 3.63. The van der Waals surface area contributed by atoms with Crippen LogP contribution in [0.5, 0.6) is 5.75 Å². The minimum absolute atomic E-state index is 0.320. The van der Waals surface area contributed by atoms with Gasteiger partial charge in [0.2, 0.25) is 0 Å². The Kier molecular flexibility index (Phi) is 8.35. The smallest absolute Gasteiger partial charge is 0.118 e. The minimum atomic E-state index is 0.320. The molecule has 0 saturated heterocycles. The molecule has 0 spiro atoms. The van der Waals surface area contributed by atoms with Crippen molar-refractivity contribution in [3.8, 4) is 5.75 Å². The Labute approximate surface area is 129 Å². The van der Waals surface area contributed by atoms with Crippen LogP contribution >= 0.6 is 0 Å². The van der Waals surface area contributed by atoms with E-state index in [4.69, 9.17) is 9.47 Å². The Balaban J connectivity index is 2.73. The van der Waals surface area contributed by atoms with Crippen LogP contribution in [-0.4, -0.2) is 51.9 Å². The fraction of sp³-hybridized carbons (Fsp3) is 0.647. The van der Waals surface area contributed by atoms with Gasteiger partial charge in [0, 0.05) is 25.7 Å². The molecule has 0 amide bonds. The number of nitrogens with zero attached hydrogens (tertiary/aromatic N) is 1. The number of likely N-dealkylation sites (N-methyl/N-ethyl adjacent to an activating group) is 1. The summed E-state index contributed by atoms with van der Waals surface area (Å²) in [6.07, 6.45) is 1.13. The molecule has 0 radical (unpaired) electrons. The number of benzene rings is 1. The van der Waals surface area contributed by atoms with Gasteiger partial charge in [0.05, 0.1) is 13.7 Å². The van der Waals surface area contributed by atoms with Crippen molar-refractivity contribution >= 4 is 0 Å². The summed E-state index contributed by atoms with van der Waals surface area (Å²) in [5.74, 6) is 0.897. The van der Waals surface area contributed by atoms with E-state index in [-0.39, 0.29) is 0 Å². The van der Waals surface area contributed by atoms with Crippen LogP contribution in [0.4, 0.5) is 0 Å². The summed E-state index contributed by atoms with van der Waals surface area (Å²) in [5.41, 5.74) is 1.29. The molecule has 0 aliphatic carbocycles. The summed E-state index contributed by atoms with van der Waals surface area (Å²) in [6, 6.07) is 9.05. The van der Waals surface area contributed by atoms with Gasteiger partial charge < -0.3 is 14.8 Å². The second-order valence-corrected chi connectivity index (χ2v) is 5.52. The molecule has 4 nitrogen and oxygen atoms in total. The van der Waals surface area contributed by atoms with Crippen molar-refractivity contribution in [3.05, 3.63) is 29.8 Å². The Morgan fingerprint density at radius 1 is 1.19 bits per heavy atom. The maximum atomic E-state index is 5.24. The third-order valence-corrected chi connectivity index (χ3v) is 3.79. The largest absolute Gasteiger partial charge is 0.497 e. The van der Waals surface area contributed by atoms with Gasteiger partial charge >= 0.3 is 0 Å². The van der Waals surface area contributed by atoms with E-state index in [0.717, 1.165) is 31.9 Å². The van der Waals surface area contributed by atoms with Gasteiger partial charge in [0.15, 0.2) is 0 Å². The molecule has 0 aliphatic heterocycles. The van der Waals surface area contributed by atoms with E-state index in [2.05, 4.69) is 43.2 Å². The second-order valence-electron chi connectivity index (χ2n) is 5.52. The first-order chi connectivity index (χ1) is 10.1. The molecular formula is C17H30N2O2. The van der Waals surface area contributed by atoms with Crippen molar-refractivity contribution in [2.24, 2.45) is 0 Å². The number of rotatable bonds is 10. The van der Waals surface area contributed by atoms with Crippen LogP contribution in [0.2, 0.25) is 0 Å². The van der Waals surface area contributed by atoms with E-state index in [0.29, 0.717) is 12.1 Å². The summed E-state index contributed by atoms with van der Waals surface area (Å²) < 4.78 is 10.5. The standard InChI is InChI=1S/C17H30N2O2/c1-6-11-18-17(12-19(3)14(2)13-20-4)15-7-9-16(21-5)10-8-15/h7-10,14,17-18H,6,11-13H2,1-5H3. The lowest BCUT2D eigenvalue weighted by Gasteiger charge is -2.29. The van der Waals surface area contributed by atoms with Crippen molar-refractivity contribution < 1.29 is 9.47 Å². The van der Waals surface area contributed by atoms with Crippen molar-refractivity contribution in [1.82, 2.24) is 10.2 Å². The van der Waals surface area contributed by atoms with Crippen LogP contribution < -0.4 is 10.1 Å². The summed E-state index contributed by atoms with van der Waals surface area (Å²) in [7, 11) is 5.59. The molecule has 1 aromatic carbocycles. The van der Waals surface area contributed by atoms with Crippen LogP contribution in [-0.2, 0) is 4.74 Å². The Bertz CT molecular complexity index is 381. The van der Waals surface area contributed by atoms with Crippen molar-refractivity contribution in [1.29, 1.82) is 0 Å². The fourth-order valence-electron chi connectivity index (χ4n) is 2.28. The Morgan fingerprint density at radius 3 is 2.38 bits per heavy atom. The van der Waals surface area contributed by atoms with Crippen LogP contribution in [0.25, 0.3) is 0 Å². The number of nitrogens with one attached hydrogen (secondary N) is 1. The molecule has 1 rings (SSSR count). The summed E-state index contributed by atoms with van der Waals surface area (Å²) in [4.78, 5) is 2.33. The maximum absolute atomic E-state index is 5.24. The molecule has 1 aromatic rings. The molecular weight excluding hydrogens is 264 g/mol. The van der Waals surface area contributed by atoms with Crippen molar-refractivity contribution in [3.63, 3.8) is 0 Å². The Hall–Kier alpha value is -1.10. The molecule has 120 valence electrons. The van der Waals surface area contributed by atoms with Crippen molar-refractivity contribution in [2.75, 3.05) is 41.0 Å². The van der Waals surface area contributed by atoms with E-state index >= 15 is 0 Å². The van der Waals surface area contributed by atoms with Crippen molar-refractivity contribution in [2.45, 2.75) is 32.4 Å². The van der Waals surface area contributed by atoms with Crippen LogP contribution in [0.15, 0.2) is 24.3 Å². The lowest BCUT2D eigenvalue weighted by Crippen LogP contribution is -2.39. The lowest BCUT2D eigenvalue weighted by molar-refractivity contribution is 0.109. The average molecular weight is 294 g/mol. The van der Waals surface area contributed by atoms with E-state index < -0.39 is 0 Å². The zero-order chi connectivity index (χ0) is 15.7. The molecule has 0 bridgehead atoms. The first-order valence-corrected chi connectivity index (χ1v) is 7.68. The quantitative estimate of drug-likeness (QED) is 0.719. The third kappa shape index (κ3) is 6.04. The monoisotopic (exact) mass is 294 g/mol. The van der Waals surface area contributed by atoms with Crippen LogP contribution in [0.1, 0.15) is 31.9 Å².